The Kier molecular flexibility index (Phi) is 4.33. The fourth-order valence-corrected chi connectivity index (χ4v) is 3.59. The van der Waals surface area contributed by atoms with Crippen molar-refractivity contribution >= 4 is 16.9 Å². The van der Waals surface area contributed by atoms with E-state index < -0.39 is 11.9 Å². The number of benzene rings is 1. The van der Waals surface area contributed by atoms with Gasteiger partial charge in [0.05, 0.1) is 17.0 Å². The van der Waals surface area contributed by atoms with E-state index in [1.54, 1.807) is 4.90 Å². The summed E-state index contributed by atoms with van der Waals surface area (Å²) >= 11 is 0. The number of piperidine rings is 1. The molecule has 1 aliphatic heterocycles. The van der Waals surface area contributed by atoms with Gasteiger partial charge in [-0.25, -0.2) is 4.98 Å². The molecule has 0 saturated carbocycles. The lowest BCUT2D eigenvalue weighted by molar-refractivity contribution is -0.139. The zero-order chi connectivity index (χ0) is 19.0. The van der Waals surface area contributed by atoms with E-state index in [1.165, 1.54) is 12.3 Å². The van der Waals surface area contributed by atoms with Crippen molar-refractivity contribution in [3.63, 3.8) is 0 Å². The zero-order valence-corrected chi connectivity index (χ0v) is 14.3. The lowest BCUT2D eigenvalue weighted by Crippen LogP contribution is -2.38. The van der Waals surface area contributed by atoms with Gasteiger partial charge in [-0.15, -0.1) is 0 Å². The van der Waals surface area contributed by atoms with Crippen LogP contribution in [0.1, 0.15) is 46.9 Å². The molecule has 1 aliphatic rings. The minimum atomic E-state index is -4.59. The van der Waals surface area contributed by atoms with Gasteiger partial charge in [-0.1, -0.05) is 30.3 Å². The van der Waals surface area contributed by atoms with E-state index in [1.807, 2.05) is 35.4 Å². The number of hydrogen-bond acceptors (Lipinski definition) is 3. The number of aromatic nitrogens is 3. The van der Waals surface area contributed by atoms with Crippen molar-refractivity contribution in [3.8, 4) is 0 Å². The van der Waals surface area contributed by atoms with Crippen molar-refractivity contribution in [1.29, 1.82) is 0 Å². The number of pyridine rings is 1. The number of carbonyl (C=O) groups excluding carboxylic acids is 1. The smallest absolute Gasteiger partial charge is 0.332 e. The van der Waals surface area contributed by atoms with Crippen molar-refractivity contribution in [2.75, 3.05) is 6.54 Å². The molecule has 1 saturated heterocycles. The van der Waals surface area contributed by atoms with E-state index in [9.17, 15) is 18.0 Å². The van der Waals surface area contributed by atoms with Crippen molar-refractivity contribution in [3.05, 3.63) is 59.4 Å². The molecule has 1 unspecified atom stereocenters. The molecular weight excluding hydrogens is 357 g/mol. The molecule has 3 aromatic rings. The molecule has 0 aliphatic carbocycles. The maximum absolute atomic E-state index is 13.1. The summed E-state index contributed by atoms with van der Waals surface area (Å²) in [5.41, 5.74) is 0.117. The Morgan fingerprint density at radius 1 is 1.19 bits per heavy atom. The Morgan fingerprint density at radius 2 is 1.96 bits per heavy atom. The summed E-state index contributed by atoms with van der Waals surface area (Å²) in [6, 6.07) is 10.8. The maximum Gasteiger partial charge on any atom is 0.433 e. The Balaban J connectivity index is 1.70. The van der Waals surface area contributed by atoms with Crippen LogP contribution in [0, 0.1) is 0 Å². The van der Waals surface area contributed by atoms with Gasteiger partial charge in [0.1, 0.15) is 5.69 Å². The average Bonchev–Trinajstić information content (AvgIpc) is 3.12. The van der Waals surface area contributed by atoms with Gasteiger partial charge in [0, 0.05) is 12.7 Å². The minimum absolute atomic E-state index is 0.0582. The van der Waals surface area contributed by atoms with Crippen LogP contribution in [-0.2, 0) is 6.18 Å². The van der Waals surface area contributed by atoms with E-state index in [2.05, 4.69) is 10.1 Å². The third-order valence-electron chi connectivity index (χ3n) is 4.89. The number of amides is 1. The van der Waals surface area contributed by atoms with Crippen molar-refractivity contribution < 1.29 is 18.0 Å². The number of aromatic amines is 1. The highest BCUT2D eigenvalue weighted by atomic mass is 19.4. The Hall–Kier alpha value is -2.90. The number of halogens is 3. The van der Waals surface area contributed by atoms with E-state index >= 15 is 0 Å². The summed E-state index contributed by atoms with van der Waals surface area (Å²) in [7, 11) is 0. The second-order valence-corrected chi connectivity index (χ2v) is 6.61. The second kappa shape index (κ2) is 6.68. The molecule has 1 aromatic carbocycles. The molecule has 140 valence electrons. The van der Waals surface area contributed by atoms with Crippen LogP contribution in [-0.4, -0.2) is 32.5 Å². The molecule has 0 spiro atoms. The number of rotatable bonds is 2. The highest BCUT2D eigenvalue weighted by Crippen LogP contribution is 2.34. The highest BCUT2D eigenvalue weighted by Gasteiger charge is 2.36. The van der Waals surface area contributed by atoms with E-state index in [-0.39, 0.29) is 28.5 Å². The molecule has 4 rings (SSSR count). The molecular formula is C19H17F3N4O. The molecule has 27 heavy (non-hydrogen) atoms. The normalized spacial score (nSPS) is 18.0. The fraction of sp³-hybridized carbons (Fsp3) is 0.316. The molecule has 8 heteroatoms. The maximum atomic E-state index is 13.1. The molecule has 1 atom stereocenters. The number of nitrogens with one attached hydrogen (secondary N) is 1. The first-order chi connectivity index (χ1) is 12.9. The van der Waals surface area contributed by atoms with Crippen molar-refractivity contribution in [2.24, 2.45) is 0 Å². The fourth-order valence-electron chi connectivity index (χ4n) is 3.59. The van der Waals surface area contributed by atoms with E-state index in [0.29, 0.717) is 6.54 Å². The minimum Gasteiger partial charge on any atom is -0.332 e. The molecule has 0 bridgehead atoms. The first kappa shape index (κ1) is 17.5. The zero-order valence-electron chi connectivity index (χ0n) is 14.3. The van der Waals surface area contributed by atoms with Gasteiger partial charge >= 0.3 is 6.18 Å². The van der Waals surface area contributed by atoms with E-state index in [4.69, 9.17) is 0 Å². The average molecular weight is 374 g/mol. The largest absolute Gasteiger partial charge is 0.433 e. The first-order valence-corrected chi connectivity index (χ1v) is 8.72. The van der Waals surface area contributed by atoms with Gasteiger partial charge in [0.15, 0.2) is 5.65 Å². The Morgan fingerprint density at radius 3 is 2.70 bits per heavy atom. The third kappa shape index (κ3) is 3.27. The van der Waals surface area contributed by atoms with Crippen LogP contribution < -0.4 is 0 Å². The summed E-state index contributed by atoms with van der Waals surface area (Å²) in [4.78, 5) is 18.8. The first-order valence-electron chi connectivity index (χ1n) is 8.72. The van der Waals surface area contributed by atoms with Crippen LogP contribution in [0.2, 0.25) is 0 Å². The lowest BCUT2D eigenvalue weighted by atomic mass is 9.94. The topological polar surface area (TPSA) is 61.9 Å². The van der Waals surface area contributed by atoms with Crippen LogP contribution in [0.5, 0.6) is 0 Å². The highest BCUT2D eigenvalue weighted by molar-refractivity contribution is 5.97. The summed E-state index contributed by atoms with van der Waals surface area (Å²) < 4.78 is 39.4. The van der Waals surface area contributed by atoms with Gasteiger partial charge in [-0.05, 0) is 30.9 Å². The van der Waals surface area contributed by atoms with Gasteiger partial charge in [-0.2, -0.15) is 18.3 Å². The van der Waals surface area contributed by atoms with Gasteiger partial charge < -0.3 is 4.90 Å². The standard InChI is InChI=1S/C19H17F3N4O/c20-19(21,22)16-14-10-13(11-23-17(14)25-24-16)18(27)26-9-5-4-8-15(26)12-6-2-1-3-7-12/h1-3,6-7,10-11,15H,4-5,8-9H2,(H,23,24,25). The van der Waals surface area contributed by atoms with Crippen molar-refractivity contribution in [1.82, 2.24) is 20.1 Å². The Labute approximate surface area is 153 Å². The molecule has 1 amide bonds. The molecule has 1 N–H and O–H groups in total. The molecule has 5 nitrogen and oxygen atoms in total. The van der Waals surface area contributed by atoms with Gasteiger partial charge in [0.2, 0.25) is 0 Å². The van der Waals surface area contributed by atoms with Crippen LogP contribution in [0.25, 0.3) is 11.0 Å². The predicted octanol–water partition coefficient (Wildman–Crippen LogP) is 4.34. The van der Waals surface area contributed by atoms with Crippen molar-refractivity contribution in [2.45, 2.75) is 31.5 Å². The summed E-state index contributed by atoms with van der Waals surface area (Å²) in [6.07, 6.45) is -0.603. The molecule has 1 fully saturated rings. The lowest BCUT2D eigenvalue weighted by Gasteiger charge is -2.36. The number of carbonyl (C=O) groups is 1. The number of nitrogens with zero attached hydrogens (tertiary/aromatic N) is 3. The van der Waals surface area contributed by atoms with Gasteiger partial charge in [0.25, 0.3) is 5.91 Å². The quantitative estimate of drug-likeness (QED) is 0.726. The van der Waals surface area contributed by atoms with Gasteiger partial charge in [-0.3, -0.25) is 9.89 Å². The van der Waals surface area contributed by atoms with Crippen LogP contribution in [0.15, 0.2) is 42.6 Å². The number of fused-ring (bicyclic) bond motifs is 1. The SMILES string of the molecule is O=C(c1cnc2n[nH]c(C(F)(F)F)c2c1)N1CCCCC1c1ccccc1. The van der Waals surface area contributed by atoms with Crippen LogP contribution in [0.4, 0.5) is 13.2 Å². The number of hydrogen-bond donors (Lipinski definition) is 1. The molecule has 2 aromatic heterocycles. The summed E-state index contributed by atoms with van der Waals surface area (Å²) in [6.45, 7) is 0.563. The Bertz CT molecular complexity index is 968. The molecule has 3 heterocycles. The summed E-state index contributed by atoms with van der Waals surface area (Å²) in [5, 5.41) is 5.36. The second-order valence-electron chi connectivity index (χ2n) is 6.61. The monoisotopic (exact) mass is 374 g/mol. The predicted molar refractivity (Wildman–Crippen MR) is 93.0 cm³/mol. The summed E-state index contributed by atoms with van der Waals surface area (Å²) in [5.74, 6) is -0.313. The third-order valence-corrected chi connectivity index (χ3v) is 4.89. The number of alkyl halides is 3. The van der Waals surface area contributed by atoms with E-state index in [0.717, 1.165) is 24.8 Å². The molecule has 0 radical (unpaired) electrons. The van der Waals surface area contributed by atoms with Crippen LogP contribution >= 0.6 is 0 Å². The van der Waals surface area contributed by atoms with Crippen LogP contribution in [0.3, 0.4) is 0 Å². The number of H-pyrrole nitrogens is 1. The number of likely N-dealkylation sites (tertiary alicyclic amines) is 1.